The molecule has 6 heteroatoms. The minimum Gasteiger partial charge on any atom is -0.481 e. The molecule has 0 amide bonds. The summed E-state index contributed by atoms with van der Waals surface area (Å²) in [6, 6.07) is -0.362. The number of carbonyl (C=O) groups is 2. The van der Waals surface area contributed by atoms with Gasteiger partial charge in [-0.2, -0.15) is 11.8 Å². The minimum atomic E-state index is -0.777. The van der Waals surface area contributed by atoms with E-state index in [4.69, 9.17) is 10.8 Å². The van der Waals surface area contributed by atoms with Crippen LogP contribution >= 0.6 is 24.2 Å². The number of ketones is 1. The highest BCUT2D eigenvalue weighted by Crippen LogP contribution is 2.06. The van der Waals surface area contributed by atoms with Crippen molar-refractivity contribution in [2.24, 2.45) is 5.73 Å². The maximum absolute atomic E-state index is 11.4. The molecule has 16 heavy (non-hydrogen) atoms. The first kappa shape index (κ1) is 18.1. The van der Waals surface area contributed by atoms with Gasteiger partial charge in [-0.05, 0) is 19.1 Å². The van der Waals surface area contributed by atoms with E-state index in [2.05, 4.69) is 0 Å². The Hall–Kier alpha value is -0.260. The van der Waals surface area contributed by atoms with Gasteiger partial charge in [0.15, 0.2) is 0 Å². The normalized spacial score (nSPS) is 11.6. The quantitative estimate of drug-likeness (QED) is 0.623. The molecule has 1 atom stereocenters. The summed E-state index contributed by atoms with van der Waals surface area (Å²) < 4.78 is 0. The fraction of sp³-hybridized carbons (Fsp3) is 0.800. The van der Waals surface area contributed by atoms with Crippen LogP contribution in [0.15, 0.2) is 0 Å². The molecule has 0 fully saturated rings. The number of aliphatic carboxylic acids is 1. The predicted octanol–water partition coefficient (Wildman–Crippen LogP) is 1.70. The number of halogens is 1. The van der Waals surface area contributed by atoms with Crippen molar-refractivity contribution < 1.29 is 14.7 Å². The summed E-state index contributed by atoms with van der Waals surface area (Å²) >= 11 is 1.56. The number of rotatable bonds is 9. The molecule has 0 heterocycles. The zero-order valence-electron chi connectivity index (χ0n) is 9.48. The zero-order valence-corrected chi connectivity index (χ0v) is 11.1. The number of thioether (sulfide) groups is 1. The summed E-state index contributed by atoms with van der Waals surface area (Å²) in [7, 11) is 0. The first-order valence-corrected chi connectivity index (χ1v) is 6.46. The Morgan fingerprint density at radius 1 is 1.25 bits per heavy atom. The van der Waals surface area contributed by atoms with E-state index >= 15 is 0 Å². The van der Waals surface area contributed by atoms with Crippen molar-refractivity contribution in [1.29, 1.82) is 0 Å². The fourth-order valence-corrected chi connectivity index (χ4v) is 1.76. The lowest BCUT2D eigenvalue weighted by molar-refractivity contribution is -0.137. The smallest absolute Gasteiger partial charge is 0.303 e. The maximum Gasteiger partial charge on any atom is 0.303 e. The number of hydrogen-bond acceptors (Lipinski definition) is 4. The fourth-order valence-electron chi connectivity index (χ4n) is 1.21. The van der Waals surface area contributed by atoms with Crippen LogP contribution in [0, 0.1) is 0 Å². The van der Waals surface area contributed by atoms with Crippen LogP contribution in [0.2, 0.25) is 0 Å². The van der Waals surface area contributed by atoms with Crippen molar-refractivity contribution >= 4 is 35.9 Å². The highest BCUT2D eigenvalue weighted by Gasteiger charge is 2.11. The van der Waals surface area contributed by atoms with Crippen molar-refractivity contribution in [3.05, 3.63) is 0 Å². The highest BCUT2D eigenvalue weighted by molar-refractivity contribution is 7.98. The lowest BCUT2D eigenvalue weighted by Crippen LogP contribution is -2.32. The first-order valence-electron chi connectivity index (χ1n) is 5.07. The Morgan fingerprint density at radius 3 is 2.31 bits per heavy atom. The molecular weight excluding hydrogens is 250 g/mol. The third-order valence-corrected chi connectivity index (χ3v) is 2.77. The summed E-state index contributed by atoms with van der Waals surface area (Å²) in [5, 5.41) is 8.39. The van der Waals surface area contributed by atoms with Crippen molar-refractivity contribution in [3.63, 3.8) is 0 Å². The third-order valence-electron chi connectivity index (χ3n) is 2.07. The van der Waals surface area contributed by atoms with Crippen LogP contribution < -0.4 is 5.73 Å². The molecule has 96 valence electrons. The van der Waals surface area contributed by atoms with Crippen LogP contribution in [0.1, 0.15) is 32.1 Å². The van der Waals surface area contributed by atoms with Gasteiger partial charge in [-0.1, -0.05) is 6.42 Å². The molecule has 0 rings (SSSR count). The number of hydrogen-bond donors (Lipinski definition) is 2. The standard InChI is InChI=1S/C10H19NO3S.ClH/c1-15-7-8(11)9(12)5-3-2-4-6-10(13)14;/h8H,2-7,11H2,1H3,(H,13,14);1H. The SMILES string of the molecule is CSCC(N)C(=O)CCCCCC(=O)O.Cl. The first-order chi connectivity index (χ1) is 7.07. The number of unbranched alkanes of at least 4 members (excludes halogenated alkanes) is 2. The second kappa shape index (κ2) is 11.2. The summed E-state index contributed by atoms with van der Waals surface area (Å²) in [6.07, 6.45) is 4.74. The largest absolute Gasteiger partial charge is 0.481 e. The maximum atomic E-state index is 11.4. The van der Waals surface area contributed by atoms with Gasteiger partial charge in [0.25, 0.3) is 0 Å². The van der Waals surface area contributed by atoms with Gasteiger partial charge in [0.1, 0.15) is 5.78 Å². The van der Waals surface area contributed by atoms with Crippen LogP contribution in [0.25, 0.3) is 0 Å². The molecule has 0 radical (unpaired) electrons. The second-order valence-electron chi connectivity index (χ2n) is 3.48. The van der Waals surface area contributed by atoms with E-state index in [0.29, 0.717) is 18.6 Å². The molecule has 4 nitrogen and oxygen atoms in total. The number of carbonyl (C=O) groups excluding carboxylic acids is 1. The number of carboxylic acids is 1. The molecule has 1 unspecified atom stereocenters. The molecule has 0 spiro atoms. The molecule has 0 aliphatic rings. The van der Waals surface area contributed by atoms with Crippen LogP contribution in [0.3, 0.4) is 0 Å². The van der Waals surface area contributed by atoms with Crippen LogP contribution in [0.4, 0.5) is 0 Å². The Kier molecular flexibility index (Phi) is 12.7. The molecule has 0 saturated heterocycles. The Balaban J connectivity index is 0. The lowest BCUT2D eigenvalue weighted by Gasteiger charge is -2.07. The summed E-state index contributed by atoms with van der Waals surface area (Å²) in [6.45, 7) is 0. The predicted molar refractivity (Wildman–Crippen MR) is 69.3 cm³/mol. The molecule has 0 aliphatic carbocycles. The Morgan fingerprint density at radius 2 is 1.81 bits per heavy atom. The van der Waals surface area contributed by atoms with Crippen LogP contribution in [0.5, 0.6) is 0 Å². The lowest BCUT2D eigenvalue weighted by atomic mass is 10.1. The van der Waals surface area contributed by atoms with Crippen molar-refractivity contribution in [3.8, 4) is 0 Å². The van der Waals surface area contributed by atoms with Crippen molar-refractivity contribution in [1.82, 2.24) is 0 Å². The topological polar surface area (TPSA) is 80.4 Å². The average molecular weight is 270 g/mol. The monoisotopic (exact) mass is 269 g/mol. The number of nitrogens with two attached hydrogens (primary N) is 1. The van der Waals surface area contributed by atoms with Gasteiger partial charge in [-0.3, -0.25) is 9.59 Å². The van der Waals surface area contributed by atoms with Gasteiger partial charge in [-0.15, -0.1) is 12.4 Å². The Bertz CT molecular complexity index is 214. The van der Waals surface area contributed by atoms with Gasteiger partial charge >= 0.3 is 5.97 Å². The second-order valence-corrected chi connectivity index (χ2v) is 4.39. The van der Waals surface area contributed by atoms with E-state index in [1.54, 1.807) is 11.8 Å². The molecule has 0 aromatic carbocycles. The third kappa shape index (κ3) is 10.3. The molecule has 0 aromatic rings. The van der Waals surface area contributed by atoms with E-state index in [9.17, 15) is 9.59 Å². The summed E-state index contributed by atoms with van der Waals surface area (Å²) in [5.74, 6) is -0.0337. The number of Topliss-reactive ketones (excluding diaryl/α,β-unsaturated/α-hetero) is 1. The molecule has 0 bridgehead atoms. The van der Waals surface area contributed by atoms with Gasteiger partial charge < -0.3 is 10.8 Å². The average Bonchev–Trinajstić information content (AvgIpc) is 2.16. The molecule has 0 saturated carbocycles. The summed E-state index contributed by atoms with van der Waals surface area (Å²) in [4.78, 5) is 21.6. The molecule has 0 aromatic heterocycles. The van der Waals surface area contributed by atoms with E-state index in [0.717, 1.165) is 12.8 Å². The zero-order chi connectivity index (χ0) is 11.7. The highest BCUT2D eigenvalue weighted by atomic mass is 35.5. The van der Waals surface area contributed by atoms with Crippen molar-refractivity contribution in [2.75, 3.05) is 12.0 Å². The summed E-state index contributed by atoms with van der Waals surface area (Å²) in [5.41, 5.74) is 5.63. The molecule has 3 N–H and O–H groups in total. The minimum absolute atomic E-state index is 0. The van der Waals surface area contributed by atoms with Crippen LogP contribution in [-0.2, 0) is 9.59 Å². The van der Waals surface area contributed by atoms with E-state index < -0.39 is 5.97 Å². The van der Waals surface area contributed by atoms with E-state index in [1.165, 1.54) is 0 Å². The van der Waals surface area contributed by atoms with Crippen LogP contribution in [-0.4, -0.2) is 34.9 Å². The van der Waals surface area contributed by atoms with Gasteiger partial charge in [0.05, 0.1) is 6.04 Å². The van der Waals surface area contributed by atoms with Gasteiger partial charge in [0, 0.05) is 18.6 Å². The number of carboxylic acid groups (broad SMARTS) is 1. The van der Waals surface area contributed by atoms with Gasteiger partial charge in [-0.25, -0.2) is 0 Å². The van der Waals surface area contributed by atoms with E-state index in [1.807, 2.05) is 6.26 Å². The Labute approximate surface area is 107 Å². The molecular formula is C10H20ClNO3S. The van der Waals surface area contributed by atoms with Gasteiger partial charge in [0.2, 0.25) is 0 Å². The molecule has 0 aliphatic heterocycles. The van der Waals surface area contributed by atoms with E-state index in [-0.39, 0.29) is 30.7 Å². The van der Waals surface area contributed by atoms with Crippen molar-refractivity contribution in [2.45, 2.75) is 38.1 Å².